The van der Waals surface area contributed by atoms with E-state index in [1.54, 1.807) is 0 Å². The van der Waals surface area contributed by atoms with Crippen molar-refractivity contribution in [2.45, 2.75) is 32.3 Å². The Kier molecular flexibility index (Phi) is 6.87. The molecule has 0 N–H and O–H groups in total. The van der Waals surface area contributed by atoms with Crippen LogP contribution in [0.1, 0.15) is 31.4 Å². The van der Waals surface area contributed by atoms with Crippen molar-refractivity contribution in [2.24, 2.45) is 0 Å². The van der Waals surface area contributed by atoms with Crippen molar-refractivity contribution in [2.75, 3.05) is 6.61 Å². The fraction of sp³-hybridized carbons (Fsp3) is 0.250. The van der Waals surface area contributed by atoms with Gasteiger partial charge in [-0.25, -0.2) is 4.39 Å². The maximum atomic E-state index is 13.2. The van der Waals surface area contributed by atoms with E-state index in [0.717, 1.165) is 33.5 Å². The molecule has 0 amide bonds. The van der Waals surface area contributed by atoms with Crippen LogP contribution in [-0.2, 0) is 16.8 Å². The molecule has 28 heavy (non-hydrogen) atoms. The molecule has 0 aliphatic heterocycles. The average Bonchev–Trinajstić information content (AvgIpc) is 2.70. The molecule has 1 atom stereocenters. The van der Waals surface area contributed by atoms with Crippen LogP contribution in [0.25, 0.3) is 0 Å². The van der Waals surface area contributed by atoms with Gasteiger partial charge in [0.2, 0.25) is 0 Å². The van der Waals surface area contributed by atoms with Gasteiger partial charge in [0.15, 0.2) is 0 Å². The van der Waals surface area contributed by atoms with Gasteiger partial charge in [0, 0.05) is 9.89 Å². The maximum Gasteiger partial charge on any atom is 0.127 e. The molecule has 0 saturated heterocycles. The lowest BCUT2D eigenvalue weighted by atomic mass is 9.81. The number of halogens is 2. The summed E-state index contributed by atoms with van der Waals surface area (Å²) in [7, 11) is 0. The smallest absolute Gasteiger partial charge is 0.127 e. The van der Waals surface area contributed by atoms with Crippen molar-refractivity contribution in [3.8, 4) is 11.5 Å². The fourth-order valence-electron chi connectivity index (χ4n) is 2.97. The summed E-state index contributed by atoms with van der Waals surface area (Å²) in [5, 5.41) is 0. The number of ether oxygens (including phenoxy) is 2. The number of hydrogen-bond donors (Lipinski definition) is 0. The van der Waals surface area contributed by atoms with Crippen molar-refractivity contribution >= 4 is 15.9 Å². The molecular formula is C24H24BrFO2. The van der Waals surface area contributed by atoms with E-state index in [1.807, 2.05) is 60.7 Å². The summed E-state index contributed by atoms with van der Waals surface area (Å²) in [5.41, 5.74) is 1.98. The van der Waals surface area contributed by atoms with E-state index in [0.29, 0.717) is 13.2 Å². The number of benzene rings is 3. The van der Waals surface area contributed by atoms with Crippen LogP contribution in [-0.4, -0.2) is 6.61 Å². The minimum atomic E-state index is -0.217. The van der Waals surface area contributed by atoms with Crippen molar-refractivity contribution in [3.05, 3.63) is 94.2 Å². The molecule has 0 saturated carbocycles. The Morgan fingerprint density at radius 2 is 1.64 bits per heavy atom. The first-order chi connectivity index (χ1) is 13.5. The molecule has 1 unspecified atom stereocenters. The quantitative estimate of drug-likeness (QED) is 0.365. The highest BCUT2D eigenvalue weighted by Crippen LogP contribution is 2.29. The highest BCUT2D eigenvalue weighted by molar-refractivity contribution is 9.10. The Labute approximate surface area is 174 Å². The Morgan fingerprint density at radius 1 is 0.929 bits per heavy atom. The van der Waals surface area contributed by atoms with Gasteiger partial charge >= 0.3 is 0 Å². The van der Waals surface area contributed by atoms with E-state index in [9.17, 15) is 4.39 Å². The molecule has 0 radical (unpaired) electrons. The highest BCUT2D eigenvalue weighted by Gasteiger charge is 2.25. The van der Waals surface area contributed by atoms with Crippen LogP contribution in [0.3, 0.4) is 0 Å². The number of rotatable bonds is 8. The molecule has 0 heterocycles. The van der Waals surface area contributed by atoms with E-state index < -0.39 is 0 Å². The first kappa shape index (κ1) is 20.6. The van der Waals surface area contributed by atoms with E-state index >= 15 is 0 Å². The van der Waals surface area contributed by atoms with Crippen molar-refractivity contribution < 1.29 is 13.9 Å². The molecule has 0 spiro atoms. The van der Waals surface area contributed by atoms with Crippen LogP contribution >= 0.6 is 15.9 Å². The van der Waals surface area contributed by atoms with E-state index in [2.05, 4.69) is 29.8 Å². The van der Waals surface area contributed by atoms with Crippen molar-refractivity contribution in [1.82, 2.24) is 0 Å². The second-order valence-electron chi connectivity index (χ2n) is 7.12. The summed E-state index contributed by atoms with van der Waals surface area (Å²) >= 11 is 3.42. The van der Waals surface area contributed by atoms with Crippen LogP contribution in [0, 0.1) is 5.82 Å². The normalized spacial score (nSPS) is 13.1. The molecule has 0 fully saturated rings. The first-order valence-corrected chi connectivity index (χ1v) is 10.1. The molecule has 0 bridgehead atoms. The maximum absolute atomic E-state index is 13.2. The Balaban J connectivity index is 1.61. The van der Waals surface area contributed by atoms with Gasteiger partial charge in [-0.05, 0) is 66.1 Å². The second-order valence-corrected chi connectivity index (χ2v) is 8.03. The SMILES string of the molecule is CCC(C)(COCc1cccc(Oc2ccc(Br)cc2)c1)c1ccc(F)cc1. The van der Waals surface area contributed by atoms with Gasteiger partial charge in [0.05, 0.1) is 13.2 Å². The predicted octanol–water partition coefficient (Wildman–Crippen LogP) is 7.27. The lowest BCUT2D eigenvalue weighted by molar-refractivity contribution is 0.0747. The van der Waals surface area contributed by atoms with Crippen LogP contribution in [0.4, 0.5) is 4.39 Å². The molecule has 2 nitrogen and oxygen atoms in total. The summed E-state index contributed by atoms with van der Waals surface area (Å²) < 4.78 is 26.2. The minimum Gasteiger partial charge on any atom is -0.457 e. The highest BCUT2D eigenvalue weighted by atomic mass is 79.9. The molecule has 146 valence electrons. The summed E-state index contributed by atoms with van der Waals surface area (Å²) in [6, 6.07) is 22.3. The monoisotopic (exact) mass is 442 g/mol. The molecule has 0 aliphatic rings. The first-order valence-electron chi connectivity index (χ1n) is 9.35. The average molecular weight is 443 g/mol. The Morgan fingerprint density at radius 3 is 2.32 bits per heavy atom. The zero-order chi connectivity index (χ0) is 20.0. The molecule has 4 heteroatoms. The molecule has 0 aromatic heterocycles. The topological polar surface area (TPSA) is 18.5 Å². The third-order valence-corrected chi connectivity index (χ3v) is 5.49. The molecule has 3 aromatic rings. The zero-order valence-corrected chi connectivity index (χ0v) is 17.7. The van der Waals surface area contributed by atoms with E-state index in [4.69, 9.17) is 9.47 Å². The zero-order valence-electron chi connectivity index (χ0n) is 16.1. The lowest BCUT2D eigenvalue weighted by Gasteiger charge is -2.28. The third-order valence-electron chi connectivity index (χ3n) is 4.96. The predicted molar refractivity (Wildman–Crippen MR) is 114 cm³/mol. The Hall–Kier alpha value is -2.17. The van der Waals surface area contributed by atoms with Gasteiger partial charge in [-0.3, -0.25) is 0 Å². The van der Waals surface area contributed by atoms with Crippen molar-refractivity contribution in [3.63, 3.8) is 0 Å². The van der Waals surface area contributed by atoms with Gasteiger partial charge in [-0.15, -0.1) is 0 Å². The van der Waals surface area contributed by atoms with Crippen LogP contribution in [0.2, 0.25) is 0 Å². The molecule has 3 rings (SSSR count). The van der Waals surface area contributed by atoms with Gasteiger partial charge in [-0.1, -0.05) is 54.0 Å². The van der Waals surface area contributed by atoms with E-state index in [-0.39, 0.29) is 11.2 Å². The summed E-state index contributed by atoms with van der Waals surface area (Å²) in [4.78, 5) is 0. The third kappa shape index (κ3) is 5.43. The van der Waals surface area contributed by atoms with Gasteiger partial charge in [0.1, 0.15) is 17.3 Å². The van der Waals surface area contributed by atoms with Crippen LogP contribution in [0.5, 0.6) is 11.5 Å². The largest absolute Gasteiger partial charge is 0.457 e. The number of hydrogen-bond acceptors (Lipinski definition) is 2. The standard InChI is InChI=1S/C24H24BrFO2/c1-3-24(2,19-7-11-21(26)12-8-19)17-27-16-18-5-4-6-23(15-18)28-22-13-9-20(25)10-14-22/h4-15H,3,16-17H2,1-2H3. The summed E-state index contributed by atoms with van der Waals surface area (Å²) in [6.45, 7) is 5.33. The van der Waals surface area contributed by atoms with Crippen LogP contribution < -0.4 is 4.74 Å². The molecular weight excluding hydrogens is 419 g/mol. The minimum absolute atomic E-state index is 0.154. The van der Waals surface area contributed by atoms with Gasteiger partial charge in [0.25, 0.3) is 0 Å². The molecule has 3 aromatic carbocycles. The summed E-state index contributed by atoms with van der Waals surface area (Å²) in [6.07, 6.45) is 0.908. The van der Waals surface area contributed by atoms with E-state index in [1.165, 1.54) is 12.1 Å². The van der Waals surface area contributed by atoms with Gasteiger partial charge in [-0.2, -0.15) is 0 Å². The lowest BCUT2D eigenvalue weighted by Crippen LogP contribution is -2.27. The Bertz CT molecular complexity index is 893. The second kappa shape index (κ2) is 9.35. The van der Waals surface area contributed by atoms with Crippen LogP contribution in [0.15, 0.2) is 77.3 Å². The summed E-state index contributed by atoms with van der Waals surface area (Å²) in [5.74, 6) is 1.35. The van der Waals surface area contributed by atoms with Crippen molar-refractivity contribution in [1.29, 1.82) is 0 Å². The van der Waals surface area contributed by atoms with Gasteiger partial charge < -0.3 is 9.47 Å². The molecule has 0 aliphatic carbocycles. The fourth-order valence-corrected chi connectivity index (χ4v) is 3.24.